The molecule has 0 spiro atoms. The van der Waals surface area contributed by atoms with E-state index >= 15 is 0 Å². The van der Waals surface area contributed by atoms with Gasteiger partial charge in [-0.15, -0.1) is 0 Å². The molecule has 1 saturated heterocycles. The lowest BCUT2D eigenvalue weighted by Crippen LogP contribution is -2.43. The number of likely N-dealkylation sites (tertiary alicyclic amines) is 1. The normalized spacial score (nSPS) is 20.9. The summed E-state index contributed by atoms with van der Waals surface area (Å²) < 4.78 is 18.3. The highest BCUT2D eigenvalue weighted by Crippen LogP contribution is 2.16. The average molecular weight is 253 g/mol. The summed E-state index contributed by atoms with van der Waals surface area (Å²) in [5.74, 6) is 0.438. The third kappa shape index (κ3) is 3.68. The molecule has 1 aliphatic heterocycles. The molecule has 0 unspecified atom stereocenters. The molecule has 1 heterocycles. The van der Waals surface area contributed by atoms with Gasteiger partial charge in [-0.1, -0.05) is 6.42 Å². The van der Waals surface area contributed by atoms with Gasteiger partial charge in [-0.3, -0.25) is 4.90 Å². The van der Waals surface area contributed by atoms with Gasteiger partial charge in [0, 0.05) is 12.6 Å². The standard InChI is InChI=1S/C14H20FNO2/c15-12-4-6-14(7-5-12)18-10-9-16-8-2-1-3-13(16)11-17/h4-7,13,17H,1-3,8-11H2/t13-/m1/s1. The molecular formula is C14H20FNO2. The number of aliphatic hydroxyl groups is 1. The quantitative estimate of drug-likeness (QED) is 0.871. The smallest absolute Gasteiger partial charge is 0.123 e. The molecule has 1 aliphatic rings. The number of ether oxygens (including phenoxy) is 1. The molecule has 1 aromatic rings. The van der Waals surface area contributed by atoms with E-state index in [-0.39, 0.29) is 18.5 Å². The first-order valence-electron chi connectivity index (χ1n) is 6.53. The first-order chi connectivity index (χ1) is 8.79. The monoisotopic (exact) mass is 253 g/mol. The maximum atomic E-state index is 12.7. The Bertz CT molecular complexity index is 355. The number of piperidine rings is 1. The van der Waals surface area contributed by atoms with Crippen molar-refractivity contribution in [3.05, 3.63) is 30.1 Å². The average Bonchev–Trinajstić information content (AvgIpc) is 2.41. The third-order valence-electron chi connectivity index (χ3n) is 3.42. The van der Waals surface area contributed by atoms with E-state index in [0.29, 0.717) is 12.4 Å². The van der Waals surface area contributed by atoms with E-state index < -0.39 is 0 Å². The van der Waals surface area contributed by atoms with Crippen molar-refractivity contribution in [2.45, 2.75) is 25.3 Å². The van der Waals surface area contributed by atoms with Crippen molar-refractivity contribution in [2.75, 3.05) is 26.3 Å². The summed E-state index contributed by atoms with van der Waals surface area (Å²) in [6, 6.07) is 6.33. The van der Waals surface area contributed by atoms with E-state index in [1.54, 1.807) is 12.1 Å². The van der Waals surface area contributed by atoms with Crippen LogP contribution in [-0.4, -0.2) is 42.4 Å². The first-order valence-corrected chi connectivity index (χ1v) is 6.53. The number of nitrogens with zero attached hydrogens (tertiary/aromatic N) is 1. The topological polar surface area (TPSA) is 32.7 Å². The summed E-state index contributed by atoms with van der Waals surface area (Å²) >= 11 is 0. The number of aliphatic hydroxyl groups excluding tert-OH is 1. The van der Waals surface area contributed by atoms with Crippen LogP contribution < -0.4 is 4.74 Å². The Hall–Kier alpha value is -1.13. The molecule has 1 fully saturated rings. The molecule has 2 rings (SSSR count). The number of rotatable bonds is 5. The predicted octanol–water partition coefficient (Wildman–Crippen LogP) is 2.05. The second-order valence-electron chi connectivity index (χ2n) is 4.67. The molecule has 18 heavy (non-hydrogen) atoms. The van der Waals surface area contributed by atoms with Crippen LogP contribution in [0.2, 0.25) is 0 Å². The van der Waals surface area contributed by atoms with Crippen molar-refractivity contribution in [1.82, 2.24) is 4.90 Å². The van der Waals surface area contributed by atoms with Gasteiger partial charge in [0.15, 0.2) is 0 Å². The van der Waals surface area contributed by atoms with Crippen molar-refractivity contribution in [2.24, 2.45) is 0 Å². The zero-order valence-electron chi connectivity index (χ0n) is 10.5. The summed E-state index contributed by atoms with van der Waals surface area (Å²) in [5.41, 5.74) is 0. The second-order valence-corrected chi connectivity index (χ2v) is 4.67. The van der Waals surface area contributed by atoms with Gasteiger partial charge in [0.05, 0.1) is 6.61 Å². The minimum Gasteiger partial charge on any atom is -0.492 e. The lowest BCUT2D eigenvalue weighted by Gasteiger charge is -2.34. The van der Waals surface area contributed by atoms with Crippen molar-refractivity contribution >= 4 is 0 Å². The van der Waals surface area contributed by atoms with E-state index in [4.69, 9.17) is 4.74 Å². The van der Waals surface area contributed by atoms with Gasteiger partial charge in [0.2, 0.25) is 0 Å². The SMILES string of the molecule is OC[C@H]1CCCCN1CCOc1ccc(F)cc1. The Morgan fingerprint density at radius 2 is 2.06 bits per heavy atom. The van der Waals surface area contributed by atoms with E-state index in [9.17, 15) is 9.50 Å². The van der Waals surface area contributed by atoms with Gasteiger partial charge in [0.1, 0.15) is 18.2 Å². The van der Waals surface area contributed by atoms with E-state index in [1.165, 1.54) is 25.0 Å². The Morgan fingerprint density at radius 3 is 2.78 bits per heavy atom. The molecule has 1 aromatic carbocycles. The van der Waals surface area contributed by atoms with Gasteiger partial charge in [-0.2, -0.15) is 0 Å². The number of benzene rings is 1. The summed E-state index contributed by atoms with van der Waals surface area (Å²) in [5, 5.41) is 9.28. The molecule has 100 valence electrons. The minimum absolute atomic E-state index is 0.219. The predicted molar refractivity (Wildman–Crippen MR) is 68.2 cm³/mol. The van der Waals surface area contributed by atoms with Crippen molar-refractivity contribution in [3.63, 3.8) is 0 Å². The van der Waals surface area contributed by atoms with Crippen LogP contribution in [0, 0.1) is 5.82 Å². The fourth-order valence-corrected chi connectivity index (χ4v) is 2.37. The molecular weight excluding hydrogens is 233 g/mol. The van der Waals surface area contributed by atoms with Gasteiger partial charge in [0.25, 0.3) is 0 Å². The van der Waals surface area contributed by atoms with E-state index in [0.717, 1.165) is 19.5 Å². The van der Waals surface area contributed by atoms with Crippen LogP contribution in [0.15, 0.2) is 24.3 Å². The van der Waals surface area contributed by atoms with Gasteiger partial charge < -0.3 is 9.84 Å². The maximum absolute atomic E-state index is 12.7. The summed E-state index contributed by atoms with van der Waals surface area (Å²) in [6.07, 6.45) is 3.45. The van der Waals surface area contributed by atoms with E-state index in [2.05, 4.69) is 4.90 Å². The second kappa shape index (κ2) is 6.71. The number of halogens is 1. The molecule has 0 aliphatic carbocycles. The maximum Gasteiger partial charge on any atom is 0.123 e. The Morgan fingerprint density at radius 1 is 1.28 bits per heavy atom. The molecule has 0 radical (unpaired) electrons. The molecule has 0 aromatic heterocycles. The van der Waals surface area contributed by atoms with Crippen LogP contribution >= 0.6 is 0 Å². The van der Waals surface area contributed by atoms with Crippen LogP contribution in [0.1, 0.15) is 19.3 Å². The third-order valence-corrected chi connectivity index (χ3v) is 3.42. The molecule has 1 atom stereocenters. The first kappa shape index (κ1) is 13.3. The Kier molecular flexibility index (Phi) is 4.96. The zero-order valence-corrected chi connectivity index (χ0v) is 10.5. The summed E-state index contributed by atoms with van der Waals surface area (Å²) in [7, 11) is 0. The Balaban J connectivity index is 1.75. The highest BCUT2D eigenvalue weighted by molar-refractivity contribution is 5.21. The number of hydrogen-bond acceptors (Lipinski definition) is 3. The Labute approximate surface area is 107 Å². The van der Waals surface area contributed by atoms with Gasteiger partial charge >= 0.3 is 0 Å². The van der Waals surface area contributed by atoms with Crippen LogP contribution in [0.4, 0.5) is 4.39 Å². The molecule has 0 saturated carbocycles. The minimum atomic E-state index is -0.251. The van der Waals surface area contributed by atoms with Gasteiger partial charge in [-0.05, 0) is 43.7 Å². The largest absolute Gasteiger partial charge is 0.492 e. The lowest BCUT2D eigenvalue weighted by molar-refractivity contribution is 0.0773. The van der Waals surface area contributed by atoms with Crippen molar-refractivity contribution in [1.29, 1.82) is 0 Å². The van der Waals surface area contributed by atoms with Gasteiger partial charge in [-0.25, -0.2) is 4.39 Å². The summed E-state index contributed by atoms with van der Waals surface area (Å²) in [4.78, 5) is 2.27. The summed E-state index contributed by atoms with van der Waals surface area (Å²) in [6.45, 7) is 2.62. The molecule has 4 heteroatoms. The highest BCUT2D eigenvalue weighted by atomic mass is 19.1. The molecule has 0 bridgehead atoms. The molecule has 3 nitrogen and oxygen atoms in total. The molecule has 1 N–H and O–H groups in total. The number of hydrogen-bond donors (Lipinski definition) is 1. The zero-order chi connectivity index (χ0) is 12.8. The fraction of sp³-hybridized carbons (Fsp3) is 0.571. The van der Waals surface area contributed by atoms with Crippen LogP contribution in [0.25, 0.3) is 0 Å². The van der Waals surface area contributed by atoms with E-state index in [1.807, 2.05) is 0 Å². The van der Waals surface area contributed by atoms with Crippen molar-refractivity contribution in [3.8, 4) is 5.75 Å². The molecule has 0 amide bonds. The highest BCUT2D eigenvalue weighted by Gasteiger charge is 2.20. The van der Waals surface area contributed by atoms with Crippen molar-refractivity contribution < 1.29 is 14.2 Å². The fourth-order valence-electron chi connectivity index (χ4n) is 2.37. The van der Waals surface area contributed by atoms with Crippen LogP contribution in [0.3, 0.4) is 0 Å². The van der Waals surface area contributed by atoms with Crippen LogP contribution in [-0.2, 0) is 0 Å². The lowest BCUT2D eigenvalue weighted by atomic mass is 10.0. The van der Waals surface area contributed by atoms with Crippen LogP contribution in [0.5, 0.6) is 5.75 Å².